The summed E-state index contributed by atoms with van der Waals surface area (Å²) in [5.74, 6) is -0.483. The van der Waals surface area contributed by atoms with Crippen LogP contribution in [0.5, 0.6) is 0 Å². The molecule has 0 saturated heterocycles. The van der Waals surface area contributed by atoms with E-state index < -0.39 is 12.1 Å². The Bertz CT molecular complexity index is 442. The highest BCUT2D eigenvalue weighted by Crippen LogP contribution is 2.03. The Balaban J connectivity index is 2.51. The quantitative estimate of drug-likeness (QED) is 0.586. The number of ether oxygens (including phenoxy) is 2. The van der Waals surface area contributed by atoms with Gasteiger partial charge in [-0.1, -0.05) is 30.3 Å². The molecule has 0 aliphatic rings. The fourth-order valence-corrected chi connectivity index (χ4v) is 1.67. The first-order valence-corrected chi connectivity index (χ1v) is 7.00. The molecule has 1 N–H and O–H groups in total. The van der Waals surface area contributed by atoms with E-state index >= 15 is 0 Å². The van der Waals surface area contributed by atoms with E-state index in [1.165, 1.54) is 4.90 Å². The van der Waals surface area contributed by atoms with E-state index in [2.05, 4.69) is 4.84 Å². The van der Waals surface area contributed by atoms with Gasteiger partial charge in [-0.05, 0) is 24.3 Å². The summed E-state index contributed by atoms with van der Waals surface area (Å²) in [5, 5.41) is 0. The van der Waals surface area contributed by atoms with Gasteiger partial charge in [0, 0.05) is 13.1 Å². The van der Waals surface area contributed by atoms with Gasteiger partial charge in [0.25, 0.3) is 0 Å². The van der Waals surface area contributed by atoms with E-state index in [0.29, 0.717) is 6.54 Å². The second kappa shape index (κ2) is 10.0. The third-order valence-electron chi connectivity index (χ3n) is 2.56. The number of nitrogens with one attached hydrogen (secondary N) is 1. The van der Waals surface area contributed by atoms with E-state index in [4.69, 9.17) is 21.3 Å². The molecular weight excluding hydrogens is 296 g/mol. The van der Waals surface area contributed by atoms with Gasteiger partial charge < -0.3 is 9.47 Å². The molecule has 6 nitrogen and oxygen atoms in total. The number of hydrogen-bond acceptors (Lipinski definition) is 5. The first kappa shape index (κ1) is 17.3. The second-order valence-corrected chi connectivity index (χ2v) is 4.42. The molecule has 1 rings (SSSR count). The molecule has 7 heteroatoms. The molecule has 0 atom stereocenters. The minimum atomic E-state index is -0.584. The number of rotatable bonds is 8. The largest absolute Gasteiger partial charge is 0.465 e. The number of carbonyl (C=O) groups is 2. The van der Waals surface area contributed by atoms with Gasteiger partial charge in [-0.3, -0.25) is 9.69 Å². The van der Waals surface area contributed by atoms with Gasteiger partial charge in [-0.2, -0.15) is 0 Å². The molecule has 0 saturated carbocycles. The third kappa shape index (κ3) is 6.97. The van der Waals surface area contributed by atoms with E-state index in [0.717, 1.165) is 5.56 Å². The summed E-state index contributed by atoms with van der Waals surface area (Å²) in [7, 11) is 0. The van der Waals surface area contributed by atoms with Gasteiger partial charge in [0.15, 0.2) is 0 Å². The van der Waals surface area contributed by atoms with Gasteiger partial charge in [-0.25, -0.2) is 9.63 Å². The Morgan fingerprint density at radius 2 is 1.95 bits per heavy atom. The Hall–Kier alpha value is -1.79. The Kier molecular flexibility index (Phi) is 8.23. The lowest BCUT2D eigenvalue weighted by Crippen LogP contribution is -2.40. The van der Waals surface area contributed by atoms with Crippen molar-refractivity contribution in [2.45, 2.75) is 13.5 Å². The average molecular weight is 315 g/mol. The van der Waals surface area contributed by atoms with Crippen molar-refractivity contribution < 1.29 is 19.1 Å². The van der Waals surface area contributed by atoms with Crippen LogP contribution in [0, 0.1) is 0 Å². The monoisotopic (exact) mass is 314 g/mol. The molecule has 21 heavy (non-hydrogen) atoms. The molecule has 0 aliphatic carbocycles. The SMILES string of the molecule is CCOC(=O)CN(CCNCl)C(=O)OCc1ccccc1. The van der Waals surface area contributed by atoms with Crippen LogP contribution >= 0.6 is 11.8 Å². The van der Waals surface area contributed by atoms with Crippen LogP contribution in [0.15, 0.2) is 30.3 Å². The third-order valence-corrected chi connectivity index (χ3v) is 2.75. The Morgan fingerprint density at radius 1 is 1.24 bits per heavy atom. The summed E-state index contributed by atoms with van der Waals surface area (Å²) in [6.45, 7) is 2.53. The summed E-state index contributed by atoms with van der Waals surface area (Å²) in [5.41, 5.74) is 0.873. The first-order chi connectivity index (χ1) is 10.2. The van der Waals surface area contributed by atoms with E-state index in [1.807, 2.05) is 30.3 Å². The zero-order valence-electron chi connectivity index (χ0n) is 11.9. The zero-order chi connectivity index (χ0) is 15.5. The van der Waals surface area contributed by atoms with Crippen molar-refractivity contribution >= 4 is 23.8 Å². The highest BCUT2D eigenvalue weighted by atomic mass is 35.5. The number of esters is 1. The highest BCUT2D eigenvalue weighted by Gasteiger charge is 2.19. The van der Waals surface area contributed by atoms with Gasteiger partial charge in [0.05, 0.1) is 6.61 Å². The lowest BCUT2D eigenvalue weighted by atomic mass is 10.2. The Morgan fingerprint density at radius 3 is 2.57 bits per heavy atom. The van der Waals surface area contributed by atoms with Crippen LogP contribution in [0.3, 0.4) is 0 Å². The van der Waals surface area contributed by atoms with E-state index in [1.54, 1.807) is 6.92 Å². The van der Waals surface area contributed by atoms with Gasteiger partial charge in [0.2, 0.25) is 0 Å². The lowest BCUT2D eigenvalue weighted by molar-refractivity contribution is -0.144. The normalized spacial score (nSPS) is 10.0. The van der Waals surface area contributed by atoms with Crippen molar-refractivity contribution in [3.05, 3.63) is 35.9 Å². The van der Waals surface area contributed by atoms with Crippen LogP contribution in [0.25, 0.3) is 0 Å². The number of nitrogens with zero attached hydrogens (tertiary/aromatic N) is 1. The molecule has 0 bridgehead atoms. The Labute approximate surface area is 129 Å². The molecular formula is C14H19ClN2O4. The van der Waals surface area contributed by atoms with Crippen molar-refractivity contribution in [3.8, 4) is 0 Å². The predicted molar refractivity (Wildman–Crippen MR) is 78.7 cm³/mol. The van der Waals surface area contributed by atoms with Gasteiger partial charge >= 0.3 is 12.1 Å². The van der Waals surface area contributed by atoms with Gasteiger partial charge in [0.1, 0.15) is 13.2 Å². The van der Waals surface area contributed by atoms with Crippen LogP contribution in [0.1, 0.15) is 12.5 Å². The zero-order valence-corrected chi connectivity index (χ0v) is 12.6. The summed E-state index contributed by atoms with van der Waals surface area (Å²) in [6.07, 6.45) is -0.584. The van der Waals surface area contributed by atoms with E-state index in [-0.39, 0.29) is 26.3 Å². The fourth-order valence-electron chi connectivity index (χ4n) is 1.59. The second-order valence-electron chi connectivity index (χ2n) is 4.15. The standard InChI is InChI=1S/C14H19ClN2O4/c1-2-20-13(18)10-17(9-8-16-15)14(19)21-11-12-6-4-3-5-7-12/h3-7,16H,2,8-11H2,1H3. The topological polar surface area (TPSA) is 67.9 Å². The van der Waals surface area contributed by atoms with Crippen molar-refractivity contribution in [2.24, 2.45) is 0 Å². The minimum absolute atomic E-state index is 0.146. The summed E-state index contributed by atoms with van der Waals surface area (Å²) < 4.78 is 10.00. The molecule has 0 fully saturated rings. The predicted octanol–water partition coefficient (Wildman–Crippen LogP) is 1.93. The molecule has 1 aromatic carbocycles. The molecule has 0 spiro atoms. The summed E-state index contributed by atoms with van der Waals surface area (Å²) in [4.78, 5) is 27.1. The summed E-state index contributed by atoms with van der Waals surface area (Å²) in [6, 6.07) is 9.30. The number of hydrogen-bond donors (Lipinski definition) is 1. The molecule has 0 heterocycles. The first-order valence-electron chi connectivity index (χ1n) is 6.62. The minimum Gasteiger partial charge on any atom is -0.465 e. The van der Waals surface area contributed by atoms with Gasteiger partial charge in [-0.15, -0.1) is 0 Å². The molecule has 0 aliphatic heterocycles. The maximum absolute atomic E-state index is 12.0. The average Bonchev–Trinajstić information content (AvgIpc) is 2.50. The highest BCUT2D eigenvalue weighted by molar-refractivity contribution is 6.13. The molecule has 1 aromatic rings. The lowest BCUT2D eigenvalue weighted by Gasteiger charge is -2.20. The summed E-state index contributed by atoms with van der Waals surface area (Å²) >= 11 is 5.38. The number of carbonyl (C=O) groups excluding carboxylic acids is 2. The molecule has 0 aromatic heterocycles. The number of benzene rings is 1. The van der Waals surface area contributed by atoms with Crippen LogP contribution < -0.4 is 4.84 Å². The molecule has 116 valence electrons. The fraction of sp³-hybridized carbons (Fsp3) is 0.429. The molecule has 0 unspecified atom stereocenters. The van der Waals surface area contributed by atoms with E-state index in [9.17, 15) is 9.59 Å². The number of amides is 1. The smallest absolute Gasteiger partial charge is 0.410 e. The maximum atomic E-state index is 12.0. The maximum Gasteiger partial charge on any atom is 0.410 e. The number of halogens is 1. The van der Waals surface area contributed by atoms with Crippen molar-refractivity contribution in [2.75, 3.05) is 26.2 Å². The van der Waals surface area contributed by atoms with Crippen molar-refractivity contribution in [1.82, 2.24) is 9.74 Å². The van der Waals surface area contributed by atoms with Crippen molar-refractivity contribution in [1.29, 1.82) is 0 Å². The van der Waals surface area contributed by atoms with Crippen molar-refractivity contribution in [3.63, 3.8) is 0 Å². The van der Waals surface area contributed by atoms with Crippen LogP contribution in [0.2, 0.25) is 0 Å². The molecule has 1 amide bonds. The van der Waals surface area contributed by atoms with Crippen LogP contribution in [-0.4, -0.2) is 43.2 Å². The van der Waals surface area contributed by atoms with Crippen LogP contribution in [0.4, 0.5) is 4.79 Å². The molecule has 0 radical (unpaired) electrons. The van der Waals surface area contributed by atoms with Crippen LogP contribution in [-0.2, 0) is 20.9 Å².